The van der Waals surface area contributed by atoms with Gasteiger partial charge in [-0.25, -0.2) is 14.4 Å². The minimum Gasteiger partial charge on any atom is -0.444 e. The highest BCUT2D eigenvalue weighted by Gasteiger charge is 2.24. The van der Waals surface area contributed by atoms with Crippen LogP contribution in [0.4, 0.5) is 14.4 Å². The summed E-state index contributed by atoms with van der Waals surface area (Å²) in [5.41, 5.74) is 2.31. The van der Waals surface area contributed by atoms with Gasteiger partial charge in [-0.3, -0.25) is 0 Å². The van der Waals surface area contributed by atoms with Gasteiger partial charge in [-0.15, -0.1) is 0 Å². The first-order chi connectivity index (χ1) is 17.1. The highest BCUT2D eigenvalue weighted by molar-refractivity contribution is 5.77. The van der Waals surface area contributed by atoms with Gasteiger partial charge >= 0.3 is 18.4 Å². The Balaban J connectivity index is -0.000000246. The van der Waals surface area contributed by atoms with Crippen LogP contribution in [0, 0.1) is 0 Å². The van der Waals surface area contributed by atoms with E-state index in [0.717, 1.165) is 7.11 Å². The summed E-state index contributed by atoms with van der Waals surface area (Å²) < 4.78 is 71.5. The molecular formula is C20H44N2O10. The van der Waals surface area contributed by atoms with E-state index < -0.39 is 61.3 Å². The molecule has 0 heterocycles. The first-order valence-electron chi connectivity index (χ1n) is 12.9. The van der Waals surface area contributed by atoms with Crippen LogP contribution in [0.25, 0.3) is 0 Å². The van der Waals surface area contributed by atoms with Gasteiger partial charge in [0.1, 0.15) is 16.8 Å². The standard InChI is InChI=1S/C10H18O5.C7H15NO3.C2H7NO.CH4O/c1-9(2,3)14-7(11)13-8(12)15-10(4,5)6;1-7(2,3)11-6(10)8-4-5-9;3-1-2-4;1-2/h1-6H3;9H,4-5H2,1-3H3,(H,8,10);4H,1-3H2;2H,1H3/i;4D2,5D2;1D2,2D2;. The highest BCUT2D eigenvalue weighted by Crippen LogP contribution is 2.11. The Bertz CT molecular complexity index is 739. The number of rotatable bonds is 3. The Morgan fingerprint density at radius 2 is 1.09 bits per heavy atom. The number of alkyl carbamates (subject to hydrolysis) is 1. The lowest BCUT2D eigenvalue weighted by Crippen LogP contribution is -2.33. The third-order valence-corrected chi connectivity index (χ3v) is 1.63. The SMILES string of the molecule is CC(C)(C)OC(=O)OC(=O)OC(C)(C)C.CO.[2H]C([2H])(N)C([2H])([2H])O.[2H]C([2H])(O)C([2H])([2H])NC(=O)OC(C)(C)C. The Kier molecular flexibility index (Phi) is 13.2. The van der Waals surface area contributed by atoms with Gasteiger partial charge in [-0.2, -0.15) is 0 Å². The van der Waals surface area contributed by atoms with Gasteiger partial charge in [0.2, 0.25) is 0 Å². The van der Waals surface area contributed by atoms with Crippen molar-refractivity contribution in [3.63, 3.8) is 0 Å². The zero-order chi connectivity index (χ0) is 33.8. The fourth-order valence-corrected chi connectivity index (χ4v) is 0.992. The molecule has 0 aliphatic heterocycles. The molecule has 0 aliphatic carbocycles. The second-order valence-electron chi connectivity index (χ2n) is 8.15. The molecule has 0 aromatic heterocycles. The molecule has 0 atom stereocenters. The van der Waals surface area contributed by atoms with Crippen LogP contribution >= 0.6 is 0 Å². The summed E-state index contributed by atoms with van der Waals surface area (Å²) in [6, 6.07) is 0. The molecule has 194 valence electrons. The monoisotopic (exact) mass is 480 g/mol. The fourth-order valence-electron chi connectivity index (χ4n) is 0.992. The van der Waals surface area contributed by atoms with E-state index in [4.69, 9.17) is 40.5 Å². The third-order valence-electron chi connectivity index (χ3n) is 1.63. The minimum atomic E-state index is -3.18. The van der Waals surface area contributed by atoms with E-state index in [1.54, 1.807) is 67.6 Å². The number of ether oxygens (including phenoxy) is 4. The highest BCUT2D eigenvalue weighted by atomic mass is 16.8. The molecule has 1 amide bonds. The third kappa shape index (κ3) is 42.1. The van der Waals surface area contributed by atoms with Crippen LogP contribution in [0.15, 0.2) is 0 Å². The van der Waals surface area contributed by atoms with Crippen LogP contribution in [-0.2, 0) is 18.9 Å². The van der Waals surface area contributed by atoms with Crippen LogP contribution in [0.1, 0.15) is 73.3 Å². The molecule has 0 radical (unpaired) electrons. The molecule has 12 heteroatoms. The summed E-state index contributed by atoms with van der Waals surface area (Å²) in [6.45, 7) is 3.05. The zero-order valence-electron chi connectivity index (χ0n) is 28.3. The maximum Gasteiger partial charge on any atom is 0.519 e. The Labute approximate surface area is 202 Å². The summed E-state index contributed by atoms with van der Waals surface area (Å²) in [5.74, 6) is 0. The number of carbonyl (C=O) groups excluding carboxylic acids is 3. The largest absolute Gasteiger partial charge is 0.519 e. The van der Waals surface area contributed by atoms with Crippen molar-refractivity contribution in [3.05, 3.63) is 0 Å². The molecule has 0 fully saturated rings. The normalized spacial score (nSPS) is 15.9. The maximum atomic E-state index is 11.1. The van der Waals surface area contributed by atoms with Crippen molar-refractivity contribution in [2.24, 2.45) is 5.73 Å². The molecule has 0 spiro atoms. The van der Waals surface area contributed by atoms with Gasteiger partial charge in [0.25, 0.3) is 0 Å². The number of hydrogen-bond donors (Lipinski definition) is 5. The van der Waals surface area contributed by atoms with E-state index >= 15 is 0 Å². The van der Waals surface area contributed by atoms with Crippen molar-refractivity contribution in [2.45, 2.75) is 79.1 Å². The topological polar surface area (TPSA) is 187 Å². The van der Waals surface area contributed by atoms with E-state index in [-0.39, 0.29) is 0 Å². The maximum absolute atomic E-state index is 11.1. The van der Waals surface area contributed by atoms with Crippen LogP contribution in [0.2, 0.25) is 0 Å². The molecule has 0 aromatic rings. The number of nitrogens with two attached hydrogens (primary N) is 1. The molecule has 0 rings (SSSR count). The van der Waals surface area contributed by atoms with Gasteiger partial charge in [0.15, 0.2) is 0 Å². The smallest absolute Gasteiger partial charge is 0.444 e. The molecule has 0 aliphatic rings. The summed E-state index contributed by atoms with van der Waals surface area (Å²) in [5, 5.41) is 25.6. The van der Waals surface area contributed by atoms with Crippen molar-refractivity contribution in [3.8, 4) is 0 Å². The van der Waals surface area contributed by atoms with Crippen LogP contribution in [-0.4, -0.2) is 83.7 Å². The van der Waals surface area contributed by atoms with Crippen molar-refractivity contribution < 1.29 is 59.6 Å². The van der Waals surface area contributed by atoms with E-state index in [2.05, 4.69) is 10.5 Å². The average Bonchev–Trinajstić information content (AvgIpc) is 2.55. The number of aliphatic hydroxyl groups is 3. The van der Waals surface area contributed by atoms with Crippen LogP contribution in [0.3, 0.4) is 0 Å². The predicted octanol–water partition coefficient (Wildman–Crippen LogP) is 1.92. The van der Waals surface area contributed by atoms with Gasteiger partial charge in [-0.1, -0.05) is 0 Å². The number of carbonyl (C=O) groups is 3. The Morgan fingerprint density at radius 3 is 1.31 bits per heavy atom. The van der Waals surface area contributed by atoms with Crippen molar-refractivity contribution in [1.82, 2.24) is 5.32 Å². The number of nitrogens with one attached hydrogen (secondary N) is 1. The quantitative estimate of drug-likeness (QED) is 0.225. The lowest BCUT2D eigenvalue weighted by molar-refractivity contribution is -0.0294. The summed E-state index contributed by atoms with van der Waals surface area (Å²) >= 11 is 0. The van der Waals surface area contributed by atoms with Gasteiger partial charge in [-0.05, 0) is 62.3 Å². The summed E-state index contributed by atoms with van der Waals surface area (Å²) in [6.07, 6.45) is -3.25. The van der Waals surface area contributed by atoms with Crippen LogP contribution in [0.5, 0.6) is 0 Å². The molecule has 0 saturated carbocycles. The average molecular weight is 481 g/mol. The van der Waals surface area contributed by atoms with E-state index in [1.165, 1.54) is 0 Å². The van der Waals surface area contributed by atoms with E-state index in [0.29, 0.717) is 0 Å². The lowest BCUT2D eigenvalue weighted by Gasteiger charge is -2.20. The zero-order valence-corrected chi connectivity index (χ0v) is 20.3. The fraction of sp³-hybridized carbons (Fsp3) is 0.850. The van der Waals surface area contributed by atoms with Gasteiger partial charge in [0.05, 0.1) is 21.3 Å². The molecule has 6 N–H and O–H groups in total. The van der Waals surface area contributed by atoms with Crippen molar-refractivity contribution in [1.29, 1.82) is 0 Å². The first-order valence-corrected chi connectivity index (χ1v) is 8.93. The molecule has 0 bridgehead atoms. The molecular weight excluding hydrogens is 428 g/mol. The second kappa shape index (κ2) is 19.5. The second-order valence-corrected chi connectivity index (χ2v) is 8.15. The Hall–Kier alpha value is -2.15. The number of amides is 1. The van der Waals surface area contributed by atoms with E-state index in [9.17, 15) is 14.4 Å². The summed E-state index contributed by atoms with van der Waals surface area (Å²) in [7, 11) is 1.00. The predicted molar refractivity (Wildman–Crippen MR) is 119 cm³/mol. The lowest BCUT2D eigenvalue weighted by atomic mass is 10.2. The van der Waals surface area contributed by atoms with Gasteiger partial charge in [0, 0.05) is 22.8 Å². The molecule has 0 saturated heterocycles. The number of aliphatic hydroxyl groups excluding tert-OH is 1. The molecule has 32 heavy (non-hydrogen) atoms. The molecule has 0 unspecified atom stereocenters. The summed E-state index contributed by atoms with van der Waals surface area (Å²) in [4.78, 5) is 33.1. The molecule has 0 aromatic carbocycles. The first kappa shape index (κ1) is 21.7. The van der Waals surface area contributed by atoms with Crippen molar-refractivity contribution >= 4 is 18.4 Å². The molecule has 12 nitrogen and oxygen atoms in total. The van der Waals surface area contributed by atoms with Gasteiger partial charge < -0.3 is 45.3 Å². The minimum absolute atomic E-state index is 0.695. The van der Waals surface area contributed by atoms with E-state index in [1.807, 2.05) is 0 Å². The van der Waals surface area contributed by atoms with Crippen LogP contribution < -0.4 is 11.1 Å². The Morgan fingerprint density at radius 1 is 0.781 bits per heavy atom. The number of hydrogen-bond acceptors (Lipinski definition) is 11. The van der Waals surface area contributed by atoms with Crippen molar-refractivity contribution in [2.75, 3.05) is 33.2 Å².